The van der Waals surface area contributed by atoms with Crippen LogP contribution < -0.4 is 0 Å². The molecule has 2 aliphatic carbocycles. The maximum atomic E-state index is 7.01. The van der Waals surface area contributed by atoms with Gasteiger partial charge in [0.15, 0.2) is 0 Å². The first-order chi connectivity index (χ1) is 24.5. The zero-order chi connectivity index (χ0) is 34.7. The second-order valence-corrected chi connectivity index (χ2v) is 32.3. The molecule has 0 aliphatic heterocycles. The van der Waals surface area contributed by atoms with Gasteiger partial charge in [0.2, 0.25) is 0 Å². The fourth-order valence-electron chi connectivity index (χ4n) is 7.25. The van der Waals surface area contributed by atoms with Crippen LogP contribution in [0.15, 0.2) is 48.5 Å². The van der Waals surface area contributed by atoms with Crippen molar-refractivity contribution in [2.24, 2.45) is 0 Å². The van der Waals surface area contributed by atoms with Crippen molar-refractivity contribution < 1.29 is 9.47 Å². The molecular weight excluding hydrogens is 805 g/mol. The van der Waals surface area contributed by atoms with Crippen LogP contribution in [0.25, 0.3) is 20.4 Å². The zero-order valence-electron chi connectivity index (χ0n) is 29.7. The molecule has 0 bridgehead atoms. The standard InChI is InChI=1S/C36H52N2O2S8Si2/c1-49(2)35(39-25-15-7-5-8-16-25)27(33-37-29-19-11-13-21-31(29)43-33)23-41-45-47-48-46-42-24-28(34-38-30-20-12-14-22-32(30)44-34)36(50(3)4)40-26-17-9-6-10-18-26/h11-14,19-22,25-28,35-36,49-50H,5-10,15-18,23-24H2,1-4H3. The predicted octanol–water partition coefficient (Wildman–Crippen LogP) is 13.2. The molecule has 2 aromatic heterocycles. The van der Waals surface area contributed by atoms with Crippen molar-refractivity contribution in [1.29, 1.82) is 0 Å². The third-order valence-electron chi connectivity index (χ3n) is 9.84. The summed E-state index contributed by atoms with van der Waals surface area (Å²) in [7, 11) is 9.45. The van der Waals surface area contributed by atoms with Crippen LogP contribution >= 0.6 is 83.6 Å². The van der Waals surface area contributed by atoms with Crippen LogP contribution in [0, 0.1) is 0 Å². The number of fused-ring (bicyclic) bond motifs is 2. The molecule has 2 aliphatic rings. The van der Waals surface area contributed by atoms with Crippen LogP contribution in [0.2, 0.25) is 26.2 Å². The summed E-state index contributed by atoms with van der Waals surface area (Å²) in [6.45, 7) is 9.88. The Morgan fingerprint density at radius 2 is 1.00 bits per heavy atom. The molecule has 2 heterocycles. The maximum absolute atomic E-state index is 7.01. The SMILES string of the molecule is C[SiH](C)C(OC1CCCCC1)C(CSSSSSSCC(c1nc2ccccc2s1)C(OC1CCCCC1)[SiH](C)C)c1nc2ccccc2s1. The zero-order valence-corrected chi connectivity index (χ0v) is 38.5. The van der Waals surface area contributed by atoms with Gasteiger partial charge in [-0.2, -0.15) is 0 Å². The summed E-state index contributed by atoms with van der Waals surface area (Å²) >= 11 is 3.76. The molecule has 2 saturated carbocycles. The third kappa shape index (κ3) is 11.6. The van der Waals surface area contributed by atoms with E-state index in [0.717, 1.165) is 22.5 Å². The lowest BCUT2D eigenvalue weighted by atomic mass is 9.98. The lowest BCUT2D eigenvalue weighted by molar-refractivity contribution is -0.00322. The van der Waals surface area contributed by atoms with E-state index >= 15 is 0 Å². The van der Waals surface area contributed by atoms with E-state index in [9.17, 15) is 0 Å². The van der Waals surface area contributed by atoms with E-state index in [1.54, 1.807) is 0 Å². The number of para-hydroxylation sites is 2. The van der Waals surface area contributed by atoms with E-state index < -0.39 is 17.6 Å². The predicted molar refractivity (Wildman–Crippen MR) is 241 cm³/mol. The summed E-state index contributed by atoms with van der Waals surface area (Å²) in [5, 5.41) is 2.53. The number of ether oxygens (including phenoxy) is 2. The molecule has 0 spiro atoms. The van der Waals surface area contributed by atoms with E-state index in [2.05, 4.69) is 74.7 Å². The molecule has 50 heavy (non-hydrogen) atoms. The monoisotopic (exact) mass is 856 g/mol. The smallest absolute Gasteiger partial charge is 0.100 e. The largest absolute Gasteiger partial charge is 0.378 e. The van der Waals surface area contributed by atoms with E-state index in [-0.39, 0.29) is 0 Å². The highest BCUT2D eigenvalue weighted by Gasteiger charge is 2.34. The lowest BCUT2D eigenvalue weighted by Crippen LogP contribution is -2.39. The van der Waals surface area contributed by atoms with E-state index in [4.69, 9.17) is 19.4 Å². The minimum Gasteiger partial charge on any atom is -0.378 e. The summed E-state index contributed by atoms with van der Waals surface area (Å²) in [6.07, 6.45) is 13.7. The van der Waals surface area contributed by atoms with Crippen LogP contribution in [-0.4, -0.2) is 62.7 Å². The molecule has 0 N–H and O–H groups in total. The minimum atomic E-state index is -1.09. The molecule has 0 amide bonds. The normalized spacial score (nSPS) is 19.1. The van der Waals surface area contributed by atoms with E-state index in [1.807, 2.05) is 83.6 Å². The highest BCUT2D eigenvalue weighted by atomic mass is 33.9. The Hall–Kier alpha value is 0.674. The Balaban J connectivity index is 1.04. The van der Waals surface area contributed by atoms with Gasteiger partial charge in [-0.15, -0.1) is 22.7 Å². The third-order valence-corrected chi connectivity index (χ3v) is 27.0. The fourth-order valence-corrected chi connectivity index (χ4v) is 25.9. The van der Waals surface area contributed by atoms with Gasteiger partial charge in [0.25, 0.3) is 0 Å². The molecule has 14 heteroatoms. The van der Waals surface area contributed by atoms with Gasteiger partial charge < -0.3 is 9.47 Å². The minimum absolute atomic E-state index is 0.321. The van der Waals surface area contributed by atoms with Crippen molar-refractivity contribution in [1.82, 2.24) is 9.97 Å². The summed E-state index contributed by atoms with van der Waals surface area (Å²) in [5.74, 6) is 2.78. The molecule has 4 aromatic rings. The van der Waals surface area contributed by atoms with Crippen LogP contribution in [0.5, 0.6) is 0 Å². The molecule has 4 nitrogen and oxygen atoms in total. The Morgan fingerprint density at radius 3 is 1.38 bits per heavy atom. The van der Waals surface area contributed by atoms with Crippen LogP contribution in [-0.2, 0) is 9.47 Å². The molecule has 0 radical (unpaired) electrons. The van der Waals surface area contributed by atoms with Gasteiger partial charge in [-0.25, -0.2) is 9.97 Å². The van der Waals surface area contributed by atoms with Crippen molar-refractivity contribution in [3.05, 3.63) is 58.5 Å². The van der Waals surface area contributed by atoms with E-state index in [1.165, 1.54) is 83.6 Å². The topological polar surface area (TPSA) is 44.2 Å². The second kappa shape index (κ2) is 21.1. The average molecular weight is 858 g/mol. The first-order valence-electron chi connectivity index (χ1n) is 18.4. The Bertz CT molecular complexity index is 1400. The van der Waals surface area contributed by atoms with E-state index in [0.29, 0.717) is 35.5 Å². The molecule has 4 atom stereocenters. The molecule has 2 fully saturated rings. The molecule has 274 valence electrons. The quantitative estimate of drug-likeness (QED) is 0.0517. The molecule has 2 aromatic carbocycles. The number of hydrogen-bond donors (Lipinski definition) is 0. The lowest BCUT2D eigenvalue weighted by Gasteiger charge is -2.34. The first kappa shape index (κ1) is 40.3. The molecule has 6 rings (SSSR count). The van der Waals surface area contributed by atoms with Gasteiger partial charge in [-0.3, -0.25) is 0 Å². The van der Waals surface area contributed by atoms with Gasteiger partial charge in [0.05, 0.1) is 61.7 Å². The number of hydrogen-bond acceptors (Lipinski definition) is 12. The van der Waals surface area contributed by atoms with Gasteiger partial charge in [0.1, 0.15) is 10.0 Å². The highest BCUT2D eigenvalue weighted by molar-refractivity contribution is 9.41. The Kier molecular flexibility index (Phi) is 17.0. The fraction of sp³-hybridized carbons (Fsp3) is 0.611. The summed E-state index contributed by atoms with van der Waals surface area (Å²) in [4.78, 5) is 10.3. The number of nitrogens with zero attached hydrogens (tertiary/aromatic N) is 2. The maximum Gasteiger partial charge on any atom is 0.100 e. The number of benzene rings is 2. The highest BCUT2D eigenvalue weighted by Crippen LogP contribution is 2.54. The van der Waals surface area contributed by atoms with Crippen LogP contribution in [0.4, 0.5) is 0 Å². The molecular formula is C36H52N2O2S8Si2. The summed E-state index contributed by atoms with van der Waals surface area (Å²) in [6, 6.07) is 17.2. The van der Waals surface area contributed by atoms with Gasteiger partial charge in [-0.1, -0.05) is 111 Å². The van der Waals surface area contributed by atoms with Crippen molar-refractivity contribution in [2.45, 2.75) is 126 Å². The molecule has 4 unspecified atom stereocenters. The van der Waals surface area contributed by atoms with Crippen LogP contribution in [0.1, 0.15) is 86.1 Å². The van der Waals surface area contributed by atoms with Crippen LogP contribution in [0.3, 0.4) is 0 Å². The number of thiazole rings is 2. The van der Waals surface area contributed by atoms with Gasteiger partial charge in [0, 0.05) is 23.3 Å². The average Bonchev–Trinajstić information content (AvgIpc) is 3.76. The number of aromatic nitrogens is 2. The number of rotatable bonds is 19. The van der Waals surface area contributed by atoms with Crippen molar-refractivity contribution in [3.63, 3.8) is 0 Å². The Labute approximate surface area is 334 Å². The second-order valence-electron chi connectivity index (χ2n) is 14.3. The van der Waals surface area contributed by atoms with Crippen molar-refractivity contribution in [2.75, 3.05) is 11.5 Å². The van der Waals surface area contributed by atoms with Crippen molar-refractivity contribution in [3.8, 4) is 0 Å². The van der Waals surface area contributed by atoms with Gasteiger partial charge >= 0.3 is 0 Å². The molecule has 0 saturated heterocycles. The summed E-state index contributed by atoms with van der Waals surface area (Å²) in [5.41, 5.74) is 2.90. The van der Waals surface area contributed by atoms with Gasteiger partial charge in [-0.05, 0) is 89.3 Å². The Morgan fingerprint density at radius 1 is 0.600 bits per heavy atom. The van der Waals surface area contributed by atoms with Crippen molar-refractivity contribution >= 4 is 122 Å². The summed E-state index contributed by atoms with van der Waals surface area (Å²) < 4.78 is 16.6. The first-order valence-corrected chi connectivity index (χ1v) is 33.8.